The standard InChI is InChI=1S/C21H17FN2O3S/c1-27-14-6-4-5-13(9-14)21(26)12-28-20-17(11-23)16(10-19(25)24(20)21)15-7-2-3-8-18(15)22/h2-9,16,26H,10,12H2,1H3/t16-,21+/m0/s1. The number of thioether (sulfide) groups is 1. The van der Waals surface area contributed by atoms with Crippen molar-refractivity contribution in [1.29, 1.82) is 5.26 Å². The summed E-state index contributed by atoms with van der Waals surface area (Å²) in [6, 6.07) is 15.2. The maximum absolute atomic E-state index is 14.3. The third-order valence-corrected chi connectivity index (χ3v) is 6.35. The van der Waals surface area contributed by atoms with Gasteiger partial charge in [-0.3, -0.25) is 9.69 Å². The summed E-state index contributed by atoms with van der Waals surface area (Å²) >= 11 is 1.23. The van der Waals surface area contributed by atoms with E-state index in [1.54, 1.807) is 42.5 Å². The van der Waals surface area contributed by atoms with E-state index in [0.717, 1.165) is 0 Å². The highest BCUT2D eigenvalue weighted by molar-refractivity contribution is 8.03. The molecule has 0 unspecified atom stereocenters. The minimum Gasteiger partial charge on any atom is -0.497 e. The molecule has 0 aliphatic carbocycles. The Morgan fingerprint density at radius 3 is 2.82 bits per heavy atom. The maximum Gasteiger partial charge on any atom is 0.231 e. The van der Waals surface area contributed by atoms with Crippen molar-refractivity contribution in [1.82, 2.24) is 4.90 Å². The number of fused-ring (bicyclic) bond motifs is 1. The lowest BCUT2D eigenvalue weighted by molar-refractivity contribution is -0.149. The molecule has 2 aliphatic rings. The fourth-order valence-electron chi connectivity index (χ4n) is 3.73. The number of halogens is 1. The Bertz CT molecular complexity index is 1030. The number of benzene rings is 2. The third-order valence-electron chi connectivity index (χ3n) is 5.12. The molecule has 2 aromatic rings. The van der Waals surface area contributed by atoms with Crippen molar-refractivity contribution >= 4 is 17.7 Å². The van der Waals surface area contributed by atoms with E-state index in [1.165, 1.54) is 29.8 Å². The Labute approximate surface area is 166 Å². The molecule has 142 valence electrons. The number of aliphatic hydroxyl groups is 1. The number of allylic oxidation sites excluding steroid dienone is 1. The zero-order chi connectivity index (χ0) is 19.9. The average Bonchev–Trinajstić information content (AvgIpc) is 3.08. The number of amides is 1. The van der Waals surface area contributed by atoms with Crippen molar-refractivity contribution in [2.75, 3.05) is 12.9 Å². The first-order valence-corrected chi connectivity index (χ1v) is 9.69. The summed E-state index contributed by atoms with van der Waals surface area (Å²) in [6.07, 6.45) is -0.0832. The molecule has 1 fully saturated rings. The highest BCUT2D eigenvalue weighted by atomic mass is 32.2. The number of hydrogen-bond acceptors (Lipinski definition) is 5. The van der Waals surface area contributed by atoms with E-state index in [0.29, 0.717) is 27.5 Å². The first-order valence-electron chi connectivity index (χ1n) is 8.71. The summed E-state index contributed by atoms with van der Waals surface area (Å²) in [4.78, 5) is 14.3. The van der Waals surface area contributed by atoms with Crippen molar-refractivity contribution in [2.24, 2.45) is 0 Å². The van der Waals surface area contributed by atoms with E-state index in [9.17, 15) is 19.6 Å². The fourth-order valence-corrected chi connectivity index (χ4v) is 5.09. The minimum absolute atomic E-state index is 0.0832. The molecule has 2 atom stereocenters. The number of rotatable bonds is 3. The SMILES string of the molecule is COc1cccc([C@]2(O)CSC3=C(C#N)[C@H](c4ccccc4F)CC(=O)N32)c1. The van der Waals surface area contributed by atoms with Gasteiger partial charge in [0.25, 0.3) is 0 Å². The Hall–Kier alpha value is -2.82. The van der Waals surface area contributed by atoms with Crippen LogP contribution in [0.5, 0.6) is 5.75 Å². The average molecular weight is 396 g/mol. The highest BCUT2D eigenvalue weighted by Crippen LogP contribution is 2.52. The summed E-state index contributed by atoms with van der Waals surface area (Å²) in [5, 5.41) is 21.6. The lowest BCUT2D eigenvalue weighted by Crippen LogP contribution is -2.48. The number of hydrogen-bond donors (Lipinski definition) is 1. The van der Waals surface area contributed by atoms with Crippen LogP contribution < -0.4 is 4.74 Å². The molecular formula is C21H17FN2O3S. The van der Waals surface area contributed by atoms with Crippen LogP contribution in [0.2, 0.25) is 0 Å². The van der Waals surface area contributed by atoms with E-state index in [1.807, 2.05) is 0 Å². The van der Waals surface area contributed by atoms with Gasteiger partial charge in [-0.15, -0.1) is 11.8 Å². The third kappa shape index (κ3) is 2.77. The second kappa shape index (κ2) is 6.97. The van der Waals surface area contributed by atoms with E-state index < -0.39 is 17.5 Å². The van der Waals surface area contributed by atoms with Crippen LogP contribution in [0.15, 0.2) is 59.1 Å². The Morgan fingerprint density at radius 2 is 2.11 bits per heavy atom. The second-order valence-electron chi connectivity index (χ2n) is 6.68. The first kappa shape index (κ1) is 18.5. The summed E-state index contributed by atoms with van der Waals surface area (Å²) in [5.74, 6) is -0.727. The van der Waals surface area contributed by atoms with E-state index >= 15 is 0 Å². The van der Waals surface area contributed by atoms with Crippen molar-refractivity contribution in [3.05, 3.63) is 76.1 Å². The van der Waals surface area contributed by atoms with Gasteiger partial charge in [-0.1, -0.05) is 30.3 Å². The molecule has 2 aromatic carbocycles. The van der Waals surface area contributed by atoms with Crippen LogP contribution in [-0.4, -0.2) is 28.8 Å². The Balaban J connectivity index is 1.82. The summed E-state index contributed by atoms with van der Waals surface area (Å²) in [7, 11) is 1.52. The predicted molar refractivity (Wildman–Crippen MR) is 103 cm³/mol. The number of nitriles is 1. The molecule has 0 aromatic heterocycles. The molecule has 5 nitrogen and oxygen atoms in total. The highest BCUT2D eigenvalue weighted by Gasteiger charge is 2.52. The van der Waals surface area contributed by atoms with Gasteiger partial charge in [0.1, 0.15) is 11.6 Å². The van der Waals surface area contributed by atoms with Gasteiger partial charge in [0.05, 0.1) is 29.5 Å². The normalized spacial score (nSPS) is 24.1. The fraction of sp³-hybridized carbons (Fsp3) is 0.238. The van der Waals surface area contributed by atoms with Crippen molar-refractivity contribution in [3.8, 4) is 11.8 Å². The van der Waals surface area contributed by atoms with Crippen LogP contribution >= 0.6 is 11.8 Å². The molecule has 28 heavy (non-hydrogen) atoms. The van der Waals surface area contributed by atoms with Crippen molar-refractivity contribution in [2.45, 2.75) is 18.1 Å². The molecule has 2 aliphatic heterocycles. The van der Waals surface area contributed by atoms with Gasteiger partial charge < -0.3 is 9.84 Å². The monoisotopic (exact) mass is 396 g/mol. The molecule has 2 heterocycles. The van der Waals surface area contributed by atoms with Gasteiger partial charge in [-0.25, -0.2) is 4.39 Å². The van der Waals surface area contributed by atoms with E-state index in [4.69, 9.17) is 4.74 Å². The zero-order valence-corrected chi connectivity index (χ0v) is 15.9. The van der Waals surface area contributed by atoms with Gasteiger partial charge in [0.15, 0.2) is 5.72 Å². The lowest BCUT2D eigenvalue weighted by atomic mass is 9.85. The topological polar surface area (TPSA) is 73.6 Å². The van der Waals surface area contributed by atoms with Crippen LogP contribution in [-0.2, 0) is 10.5 Å². The quantitative estimate of drug-likeness (QED) is 0.860. The van der Waals surface area contributed by atoms with Crippen molar-refractivity contribution < 1.29 is 19.0 Å². The van der Waals surface area contributed by atoms with E-state index in [-0.39, 0.29) is 18.1 Å². The minimum atomic E-state index is -1.59. The Kier molecular flexibility index (Phi) is 4.61. The molecule has 0 radical (unpaired) electrons. The van der Waals surface area contributed by atoms with Crippen LogP contribution in [0.1, 0.15) is 23.5 Å². The number of carbonyl (C=O) groups is 1. The molecule has 0 spiro atoms. The van der Waals surface area contributed by atoms with Gasteiger partial charge >= 0.3 is 0 Å². The number of carbonyl (C=O) groups excluding carboxylic acids is 1. The molecule has 1 saturated heterocycles. The predicted octanol–water partition coefficient (Wildman–Crippen LogP) is 3.48. The largest absolute Gasteiger partial charge is 0.497 e. The smallest absolute Gasteiger partial charge is 0.231 e. The van der Waals surface area contributed by atoms with Gasteiger partial charge in [-0.05, 0) is 23.8 Å². The molecule has 0 saturated carbocycles. The zero-order valence-electron chi connectivity index (χ0n) is 15.1. The lowest BCUT2D eigenvalue weighted by Gasteiger charge is -2.38. The van der Waals surface area contributed by atoms with Crippen LogP contribution in [0.4, 0.5) is 4.39 Å². The molecule has 4 rings (SSSR count). The van der Waals surface area contributed by atoms with Crippen molar-refractivity contribution in [3.63, 3.8) is 0 Å². The van der Waals surface area contributed by atoms with Crippen LogP contribution in [0.25, 0.3) is 0 Å². The van der Waals surface area contributed by atoms with Gasteiger partial charge in [-0.2, -0.15) is 5.26 Å². The Morgan fingerprint density at radius 1 is 1.32 bits per heavy atom. The molecule has 1 amide bonds. The van der Waals surface area contributed by atoms with E-state index in [2.05, 4.69) is 6.07 Å². The number of ether oxygens (including phenoxy) is 1. The maximum atomic E-state index is 14.3. The van der Waals surface area contributed by atoms with Gasteiger partial charge in [0.2, 0.25) is 5.91 Å². The summed E-state index contributed by atoms with van der Waals surface area (Å²) in [5.41, 5.74) is -0.469. The second-order valence-corrected chi connectivity index (χ2v) is 7.64. The summed E-state index contributed by atoms with van der Waals surface area (Å²) in [6.45, 7) is 0. The number of nitrogens with zero attached hydrogens (tertiary/aromatic N) is 2. The van der Waals surface area contributed by atoms with Crippen LogP contribution in [0.3, 0.4) is 0 Å². The van der Waals surface area contributed by atoms with Gasteiger partial charge in [0, 0.05) is 17.9 Å². The molecule has 0 bridgehead atoms. The van der Waals surface area contributed by atoms with Crippen LogP contribution in [0, 0.1) is 17.1 Å². The molecule has 1 N–H and O–H groups in total. The summed E-state index contributed by atoms with van der Waals surface area (Å²) < 4.78 is 19.6. The number of methoxy groups -OCH3 is 1. The first-order chi connectivity index (χ1) is 13.5. The molecular weight excluding hydrogens is 379 g/mol. The molecule has 7 heteroatoms.